The summed E-state index contributed by atoms with van der Waals surface area (Å²) < 4.78 is 13.0. The van der Waals surface area contributed by atoms with E-state index >= 15 is 0 Å². The molecule has 0 spiro atoms. The fourth-order valence-electron chi connectivity index (χ4n) is 2.88. The van der Waals surface area contributed by atoms with E-state index in [4.69, 9.17) is 9.47 Å². The van der Waals surface area contributed by atoms with Gasteiger partial charge in [-0.05, 0) is 43.2 Å². The molecule has 2 heterocycles. The van der Waals surface area contributed by atoms with Crippen LogP contribution in [0.1, 0.15) is 31.4 Å². The number of hydrogen-bond donors (Lipinski definition) is 1. The normalized spacial score (nSPS) is 13.7. The van der Waals surface area contributed by atoms with Gasteiger partial charge in [0.2, 0.25) is 12.7 Å². The molecule has 1 N–H and O–H groups in total. The summed E-state index contributed by atoms with van der Waals surface area (Å²) in [6.07, 6.45) is 1.33. The van der Waals surface area contributed by atoms with Crippen molar-refractivity contribution in [1.82, 2.24) is 10.3 Å². The van der Waals surface area contributed by atoms with Crippen molar-refractivity contribution in [2.75, 3.05) is 12.5 Å². The third-order valence-corrected chi connectivity index (χ3v) is 6.59. The van der Waals surface area contributed by atoms with Crippen molar-refractivity contribution in [1.29, 1.82) is 0 Å². The summed E-state index contributed by atoms with van der Waals surface area (Å²) in [6, 6.07) is 13.8. The third-order valence-electron chi connectivity index (χ3n) is 4.32. The minimum atomic E-state index is -0.0658. The Hall–Kier alpha value is -2.25. The number of para-hydroxylation sites is 1. The highest BCUT2D eigenvalue weighted by atomic mass is 32.2. The zero-order valence-corrected chi connectivity index (χ0v) is 16.6. The second-order valence-corrected chi connectivity index (χ2v) is 8.67. The highest BCUT2D eigenvalue weighted by Crippen LogP contribution is 2.34. The molecule has 5 nitrogen and oxygen atoms in total. The molecule has 1 aliphatic heterocycles. The summed E-state index contributed by atoms with van der Waals surface area (Å²) in [5, 5.41) is 3.05. The Balaban J connectivity index is 1.22. The van der Waals surface area contributed by atoms with E-state index in [2.05, 4.69) is 16.4 Å². The number of thioether (sulfide) groups is 1. The smallest absolute Gasteiger partial charge is 0.231 e. The first-order valence-corrected chi connectivity index (χ1v) is 10.7. The average Bonchev–Trinajstić information content (AvgIpc) is 3.30. The van der Waals surface area contributed by atoms with Gasteiger partial charge in [0.15, 0.2) is 15.8 Å². The Morgan fingerprint density at radius 2 is 2.11 bits per heavy atom. The molecular formula is C20H20N2O3S2. The largest absolute Gasteiger partial charge is 0.454 e. The molecule has 0 saturated carbocycles. The van der Waals surface area contributed by atoms with E-state index in [0.717, 1.165) is 39.1 Å². The SMILES string of the molecule is CC(NC(=O)CCCSc1nc2ccccc2s1)c1ccc2c(c1)OCO2. The molecule has 1 aromatic heterocycles. The van der Waals surface area contributed by atoms with Crippen LogP contribution in [0.15, 0.2) is 46.8 Å². The molecule has 27 heavy (non-hydrogen) atoms. The molecule has 0 saturated heterocycles. The minimum Gasteiger partial charge on any atom is -0.454 e. The van der Waals surface area contributed by atoms with Crippen LogP contribution in [0.25, 0.3) is 10.2 Å². The van der Waals surface area contributed by atoms with Gasteiger partial charge in [0.05, 0.1) is 16.3 Å². The van der Waals surface area contributed by atoms with Crippen LogP contribution in [0.5, 0.6) is 11.5 Å². The molecule has 3 aromatic rings. The molecule has 0 bridgehead atoms. The number of nitrogens with one attached hydrogen (secondary N) is 1. The van der Waals surface area contributed by atoms with Crippen LogP contribution >= 0.6 is 23.1 Å². The summed E-state index contributed by atoms with van der Waals surface area (Å²) >= 11 is 3.42. The fraction of sp³-hybridized carbons (Fsp3) is 0.300. The van der Waals surface area contributed by atoms with Crippen molar-refractivity contribution in [3.8, 4) is 11.5 Å². The average molecular weight is 401 g/mol. The molecule has 1 amide bonds. The zero-order chi connectivity index (χ0) is 18.6. The monoisotopic (exact) mass is 400 g/mol. The number of fused-ring (bicyclic) bond motifs is 2. The van der Waals surface area contributed by atoms with E-state index in [1.807, 2.05) is 43.3 Å². The van der Waals surface area contributed by atoms with E-state index in [0.29, 0.717) is 6.42 Å². The number of carbonyl (C=O) groups excluding carboxylic acids is 1. The second-order valence-electron chi connectivity index (χ2n) is 6.30. The molecule has 0 radical (unpaired) electrons. The molecular weight excluding hydrogens is 380 g/mol. The van der Waals surface area contributed by atoms with Gasteiger partial charge in [-0.1, -0.05) is 30.0 Å². The number of thiazole rings is 1. The van der Waals surface area contributed by atoms with Crippen LogP contribution in [0.4, 0.5) is 0 Å². The van der Waals surface area contributed by atoms with E-state index < -0.39 is 0 Å². The lowest BCUT2D eigenvalue weighted by molar-refractivity contribution is -0.121. The van der Waals surface area contributed by atoms with Crippen LogP contribution < -0.4 is 14.8 Å². The molecule has 1 unspecified atom stereocenters. The number of amides is 1. The second kappa shape index (κ2) is 8.19. The number of nitrogens with zero attached hydrogens (tertiary/aromatic N) is 1. The van der Waals surface area contributed by atoms with Crippen molar-refractivity contribution in [3.05, 3.63) is 48.0 Å². The molecule has 1 atom stereocenters. The zero-order valence-electron chi connectivity index (χ0n) is 14.9. The summed E-state index contributed by atoms with van der Waals surface area (Å²) in [7, 11) is 0. The molecule has 4 rings (SSSR count). The van der Waals surface area contributed by atoms with E-state index in [9.17, 15) is 4.79 Å². The fourth-order valence-corrected chi connectivity index (χ4v) is 4.96. The number of benzene rings is 2. The van der Waals surface area contributed by atoms with Crippen molar-refractivity contribution >= 4 is 39.2 Å². The minimum absolute atomic E-state index is 0.0602. The predicted octanol–water partition coefficient (Wildman–Crippen LogP) is 4.77. The first kappa shape index (κ1) is 18.1. The molecule has 1 aliphatic rings. The lowest BCUT2D eigenvalue weighted by Crippen LogP contribution is -2.26. The summed E-state index contributed by atoms with van der Waals surface area (Å²) in [5.74, 6) is 2.43. The van der Waals surface area contributed by atoms with Crippen molar-refractivity contribution in [2.45, 2.75) is 30.1 Å². The van der Waals surface area contributed by atoms with Crippen LogP contribution in [-0.2, 0) is 4.79 Å². The maximum Gasteiger partial charge on any atom is 0.231 e. The maximum absolute atomic E-state index is 12.2. The molecule has 140 valence electrons. The first-order chi connectivity index (χ1) is 13.2. The molecule has 0 fully saturated rings. The number of aromatic nitrogens is 1. The standard InChI is InChI=1S/C20H20N2O3S2/c1-13(14-8-9-16-17(11-14)25-12-24-16)21-19(23)7-4-10-26-20-22-15-5-2-3-6-18(15)27-20/h2-3,5-6,8-9,11,13H,4,7,10,12H2,1H3,(H,21,23). The summed E-state index contributed by atoms with van der Waals surface area (Å²) in [6.45, 7) is 2.23. The Morgan fingerprint density at radius 3 is 3.00 bits per heavy atom. The number of rotatable bonds is 7. The van der Waals surface area contributed by atoms with Gasteiger partial charge in [-0.3, -0.25) is 4.79 Å². The first-order valence-electron chi connectivity index (χ1n) is 8.86. The molecule has 2 aromatic carbocycles. The van der Waals surface area contributed by atoms with Gasteiger partial charge in [0.1, 0.15) is 0 Å². The predicted molar refractivity (Wildman–Crippen MR) is 109 cm³/mol. The van der Waals surface area contributed by atoms with E-state index in [1.54, 1.807) is 23.1 Å². The van der Waals surface area contributed by atoms with Crippen molar-refractivity contribution < 1.29 is 14.3 Å². The van der Waals surface area contributed by atoms with Gasteiger partial charge in [0, 0.05) is 12.2 Å². The van der Waals surface area contributed by atoms with Gasteiger partial charge >= 0.3 is 0 Å². The Kier molecular flexibility index (Phi) is 5.50. The van der Waals surface area contributed by atoms with Gasteiger partial charge in [-0.25, -0.2) is 4.98 Å². The molecule has 7 heteroatoms. The van der Waals surface area contributed by atoms with Gasteiger partial charge in [-0.2, -0.15) is 0 Å². The van der Waals surface area contributed by atoms with Crippen LogP contribution in [0, 0.1) is 0 Å². The van der Waals surface area contributed by atoms with Crippen molar-refractivity contribution in [3.63, 3.8) is 0 Å². The van der Waals surface area contributed by atoms with Crippen LogP contribution in [-0.4, -0.2) is 23.4 Å². The number of hydrogen-bond acceptors (Lipinski definition) is 6. The van der Waals surface area contributed by atoms with Crippen LogP contribution in [0.2, 0.25) is 0 Å². The number of ether oxygens (including phenoxy) is 2. The van der Waals surface area contributed by atoms with Crippen LogP contribution in [0.3, 0.4) is 0 Å². The Bertz CT molecular complexity index is 924. The lowest BCUT2D eigenvalue weighted by atomic mass is 10.1. The Morgan fingerprint density at radius 1 is 1.26 bits per heavy atom. The lowest BCUT2D eigenvalue weighted by Gasteiger charge is -2.14. The number of carbonyl (C=O) groups is 1. The Labute approximate surface area is 166 Å². The van der Waals surface area contributed by atoms with Gasteiger partial charge in [-0.15, -0.1) is 11.3 Å². The quantitative estimate of drug-likeness (QED) is 0.457. The summed E-state index contributed by atoms with van der Waals surface area (Å²) in [5.41, 5.74) is 2.05. The third kappa shape index (κ3) is 4.36. The van der Waals surface area contributed by atoms with Gasteiger partial charge in [0.25, 0.3) is 0 Å². The highest BCUT2D eigenvalue weighted by molar-refractivity contribution is 8.01. The molecule has 0 aliphatic carbocycles. The maximum atomic E-state index is 12.2. The van der Waals surface area contributed by atoms with E-state index in [-0.39, 0.29) is 18.7 Å². The summed E-state index contributed by atoms with van der Waals surface area (Å²) in [4.78, 5) is 16.8. The van der Waals surface area contributed by atoms with Crippen molar-refractivity contribution in [2.24, 2.45) is 0 Å². The van der Waals surface area contributed by atoms with Gasteiger partial charge < -0.3 is 14.8 Å². The topological polar surface area (TPSA) is 60.5 Å². The van der Waals surface area contributed by atoms with E-state index in [1.165, 1.54) is 4.70 Å². The highest BCUT2D eigenvalue weighted by Gasteiger charge is 2.16.